The van der Waals surface area contributed by atoms with Gasteiger partial charge in [-0.1, -0.05) is 64.9 Å². The average Bonchev–Trinajstić information content (AvgIpc) is 2.56. The van der Waals surface area contributed by atoms with Crippen LogP contribution in [0, 0.1) is 6.92 Å². The van der Waals surface area contributed by atoms with Crippen molar-refractivity contribution in [1.29, 1.82) is 0 Å². The van der Waals surface area contributed by atoms with Crippen molar-refractivity contribution in [3.05, 3.63) is 59.2 Å². The van der Waals surface area contributed by atoms with Gasteiger partial charge in [-0.2, -0.15) is 0 Å². The van der Waals surface area contributed by atoms with E-state index in [9.17, 15) is 10.2 Å². The molecule has 0 spiro atoms. The molecule has 0 aliphatic heterocycles. The minimum absolute atomic E-state index is 0.0961. The predicted octanol–water partition coefficient (Wildman–Crippen LogP) is 4.77. The molecule has 2 rings (SSSR count). The van der Waals surface area contributed by atoms with Gasteiger partial charge in [0.15, 0.2) is 0 Å². The molecule has 0 saturated heterocycles. The van der Waals surface area contributed by atoms with Crippen LogP contribution in [0.3, 0.4) is 0 Å². The third-order valence-corrected chi connectivity index (χ3v) is 6.92. The number of aromatic hydroxyl groups is 1. The molecule has 0 fully saturated rings. The number of hydrogen-bond acceptors (Lipinski definition) is 2. The van der Waals surface area contributed by atoms with Crippen LogP contribution in [0.2, 0.25) is 0 Å². The van der Waals surface area contributed by atoms with Crippen LogP contribution < -0.4 is 5.30 Å². The Kier molecular flexibility index (Phi) is 5.84. The Labute approximate surface area is 141 Å². The third-order valence-electron chi connectivity index (χ3n) is 4.75. The highest BCUT2D eigenvalue weighted by atomic mass is 31.1. The van der Waals surface area contributed by atoms with Gasteiger partial charge in [0.05, 0.1) is 6.10 Å². The molecule has 2 aromatic rings. The quantitative estimate of drug-likeness (QED) is 0.749. The van der Waals surface area contributed by atoms with Gasteiger partial charge in [0, 0.05) is 10.7 Å². The van der Waals surface area contributed by atoms with E-state index in [1.165, 1.54) is 5.30 Å². The second-order valence-corrected chi connectivity index (χ2v) is 7.89. The molecule has 0 heterocycles. The Morgan fingerprint density at radius 1 is 1.04 bits per heavy atom. The molecule has 23 heavy (non-hydrogen) atoms. The molecule has 124 valence electrons. The second-order valence-electron chi connectivity index (χ2n) is 6.15. The van der Waals surface area contributed by atoms with Crippen molar-refractivity contribution < 1.29 is 10.2 Å². The zero-order valence-corrected chi connectivity index (χ0v) is 15.4. The maximum Gasteiger partial charge on any atom is 0.122 e. The van der Waals surface area contributed by atoms with Gasteiger partial charge >= 0.3 is 0 Å². The SMILES string of the molecule is CCC(CC)(Pc1ccccc1C(C)O)c1cccc(C)c1O. The molecule has 0 saturated carbocycles. The van der Waals surface area contributed by atoms with E-state index in [4.69, 9.17) is 0 Å². The molecular formula is C20H27O2P. The predicted molar refractivity (Wildman–Crippen MR) is 100 cm³/mol. The molecular weight excluding hydrogens is 303 g/mol. The zero-order valence-electron chi connectivity index (χ0n) is 14.4. The van der Waals surface area contributed by atoms with Crippen LogP contribution in [0.5, 0.6) is 5.75 Å². The van der Waals surface area contributed by atoms with Crippen molar-refractivity contribution in [3.8, 4) is 5.75 Å². The molecule has 0 radical (unpaired) electrons. The van der Waals surface area contributed by atoms with Crippen molar-refractivity contribution in [3.63, 3.8) is 0 Å². The van der Waals surface area contributed by atoms with Crippen LogP contribution >= 0.6 is 8.58 Å². The van der Waals surface area contributed by atoms with E-state index in [2.05, 4.69) is 19.9 Å². The van der Waals surface area contributed by atoms with Crippen LogP contribution in [0.4, 0.5) is 0 Å². The highest BCUT2D eigenvalue weighted by Gasteiger charge is 2.32. The molecule has 0 aliphatic rings. The number of phenolic OH excluding ortho intramolecular Hbond substituents is 1. The summed E-state index contributed by atoms with van der Waals surface area (Å²) >= 11 is 0. The van der Waals surface area contributed by atoms with Gasteiger partial charge < -0.3 is 10.2 Å². The lowest BCUT2D eigenvalue weighted by atomic mass is 9.90. The first kappa shape index (κ1) is 18.0. The molecule has 2 unspecified atom stereocenters. The Morgan fingerprint density at radius 2 is 1.70 bits per heavy atom. The maximum absolute atomic E-state index is 10.6. The number of aliphatic hydroxyl groups is 1. The molecule has 0 amide bonds. The summed E-state index contributed by atoms with van der Waals surface area (Å²) in [6.45, 7) is 8.13. The van der Waals surface area contributed by atoms with E-state index in [1.807, 2.05) is 50.2 Å². The summed E-state index contributed by atoms with van der Waals surface area (Å²) in [6.07, 6.45) is 1.43. The van der Waals surface area contributed by atoms with Crippen LogP contribution in [-0.2, 0) is 5.16 Å². The van der Waals surface area contributed by atoms with Gasteiger partial charge in [-0.25, -0.2) is 0 Å². The summed E-state index contributed by atoms with van der Waals surface area (Å²) in [5.74, 6) is 0.415. The van der Waals surface area contributed by atoms with Crippen LogP contribution in [-0.4, -0.2) is 10.2 Å². The van der Waals surface area contributed by atoms with Crippen molar-refractivity contribution in [2.24, 2.45) is 0 Å². The number of para-hydroxylation sites is 1. The summed E-state index contributed by atoms with van der Waals surface area (Å²) in [4.78, 5) is 0. The van der Waals surface area contributed by atoms with E-state index in [1.54, 1.807) is 0 Å². The van der Waals surface area contributed by atoms with Crippen molar-refractivity contribution in [1.82, 2.24) is 0 Å². The first-order valence-electron chi connectivity index (χ1n) is 8.29. The highest BCUT2D eigenvalue weighted by molar-refractivity contribution is 7.48. The fourth-order valence-electron chi connectivity index (χ4n) is 3.15. The van der Waals surface area contributed by atoms with Crippen molar-refractivity contribution in [2.45, 2.75) is 51.8 Å². The fourth-order valence-corrected chi connectivity index (χ4v) is 4.97. The molecule has 3 heteroatoms. The first-order valence-corrected chi connectivity index (χ1v) is 9.29. The van der Waals surface area contributed by atoms with E-state index >= 15 is 0 Å². The molecule has 0 bridgehead atoms. The number of rotatable bonds is 6. The molecule has 2 aromatic carbocycles. The maximum atomic E-state index is 10.6. The molecule has 2 atom stereocenters. The first-order chi connectivity index (χ1) is 10.9. The number of hydrogen-bond donors (Lipinski definition) is 2. The topological polar surface area (TPSA) is 40.5 Å². The van der Waals surface area contributed by atoms with Gasteiger partial charge in [-0.05, 0) is 43.1 Å². The summed E-state index contributed by atoms with van der Waals surface area (Å²) in [7, 11) is 0.508. The van der Waals surface area contributed by atoms with Crippen LogP contribution in [0.1, 0.15) is 56.4 Å². The summed E-state index contributed by atoms with van der Waals surface area (Å²) in [5.41, 5.74) is 2.94. The van der Waals surface area contributed by atoms with E-state index in [0.29, 0.717) is 14.3 Å². The normalized spacial score (nSPS) is 13.6. The summed E-state index contributed by atoms with van der Waals surface area (Å²) in [5, 5.41) is 21.8. The number of aliphatic hydroxyl groups excluding tert-OH is 1. The average molecular weight is 330 g/mol. The van der Waals surface area contributed by atoms with E-state index in [-0.39, 0.29) is 5.16 Å². The second kappa shape index (κ2) is 7.47. The van der Waals surface area contributed by atoms with Gasteiger partial charge in [-0.15, -0.1) is 0 Å². The minimum Gasteiger partial charge on any atom is -0.507 e. The lowest BCUT2D eigenvalue weighted by Crippen LogP contribution is -2.23. The minimum atomic E-state index is -0.476. The lowest BCUT2D eigenvalue weighted by Gasteiger charge is -2.34. The Morgan fingerprint density at radius 3 is 2.30 bits per heavy atom. The Balaban J connectivity index is 2.53. The third kappa shape index (κ3) is 3.59. The molecule has 2 nitrogen and oxygen atoms in total. The summed E-state index contributed by atoms with van der Waals surface area (Å²) in [6, 6.07) is 14.1. The lowest BCUT2D eigenvalue weighted by molar-refractivity contribution is 0.200. The highest BCUT2D eigenvalue weighted by Crippen LogP contribution is 2.50. The standard InChI is InChI=1S/C20H27O2P/c1-5-20(6-2,17-12-9-10-14(3)19(17)22)23-18-13-8-7-11-16(18)15(4)21/h7-13,15,21-23H,5-6H2,1-4H3. The zero-order chi connectivity index (χ0) is 17.0. The molecule has 2 N–H and O–H groups in total. The van der Waals surface area contributed by atoms with Gasteiger partial charge in [-0.3, -0.25) is 0 Å². The van der Waals surface area contributed by atoms with E-state index in [0.717, 1.165) is 29.5 Å². The van der Waals surface area contributed by atoms with Crippen LogP contribution in [0.25, 0.3) is 0 Å². The smallest absolute Gasteiger partial charge is 0.122 e. The Bertz CT molecular complexity index is 660. The van der Waals surface area contributed by atoms with Crippen molar-refractivity contribution in [2.75, 3.05) is 0 Å². The molecule has 0 aliphatic carbocycles. The van der Waals surface area contributed by atoms with Crippen molar-refractivity contribution >= 4 is 13.9 Å². The number of benzene rings is 2. The molecule has 0 aromatic heterocycles. The fraction of sp³-hybridized carbons (Fsp3) is 0.400. The number of phenols is 1. The van der Waals surface area contributed by atoms with Crippen LogP contribution in [0.15, 0.2) is 42.5 Å². The number of aryl methyl sites for hydroxylation is 1. The van der Waals surface area contributed by atoms with Gasteiger partial charge in [0.1, 0.15) is 5.75 Å². The largest absolute Gasteiger partial charge is 0.507 e. The Hall–Kier alpha value is -1.37. The van der Waals surface area contributed by atoms with Gasteiger partial charge in [0.2, 0.25) is 0 Å². The summed E-state index contributed by atoms with van der Waals surface area (Å²) < 4.78 is 0. The van der Waals surface area contributed by atoms with Gasteiger partial charge in [0.25, 0.3) is 0 Å². The monoisotopic (exact) mass is 330 g/mol. The van der Waals surface area contributed by atoms with E-state index < -0.39 is 6.10 Å².